The summed E-state index contributed by atoms with van der Waals surface area (Å²) in [5.41, 5.74) is 10.4. The van der Waals surface area contributed by atoms with Crippen molar-refractivity contribution in [2.24, 2.45) is 0 Å². The van der Waals surface area contributed by atoms with E-state index < -0.39 is 0 Å². The van der Waals surface area contributed by atoms with E-state index in [0.29, 0.717) is 11.7 Å². The van der Waals surface area contributed by atoms with Gasteiger partial charge in [0.05, 0.1) is 5.70 Å². The molecule has 0 bridgehead atoms. The van der Waals surface area contributed by atoms with Gasteiger partial charge in [-0.05, 0) is 74.9 Å². The molecule has 0 amide bonds. The van der Waals surface area contributed by atoms with Gasteiger partial charge in [0, 0.05) is 19.1 Å². The predicted octanol–water partition coefficient (Wildman–Crippen LogP) is 6.59. The van der Waals surface area contributed by atoms with Crippen LogP contribution < -0.4 is 5.48 Å². The van der Waals surface area contributed by atoms with E-state index in [0.717, 1.165) is 25.1 Å². The number of hydroxylamine groups is 1. The molecule has 3 heteroatoms. The van der Waals surface area contributed by atoms with Crippen molar-refractivity contribution < 1.29 is 5.21 Å². The molecule has 0 saturated carbocycles. The molecule has 3 nitrogen and oxygen atoms in total. The fraction of sp³-hybridized carbons (Fsp3) is 0.333. The van der Waals surface area contributed by atoms with E-state index >= 15 is 0 Å². The molecule has 2 aromatic rings. The Morgan fingerprint density at radius 3 is 2.33 bits per heavy atom. The zero-order valence-corrected chi connectivity index (χ0v) is 19.1. The first kappa shape index (κ1) is 23.7. The van der Waals surface area contributed by atoms with Crippen LogP contribution in [0.3, 0.4) is 0 Å². The highest BCUT2D eigenvalue weighted by Gasteiger charge is 2.13. The van der Waals surface area contributed by atoms with Crippen LogP contribution in [-0.4, -0.2) is 22.7 Å². The highest BCUT2D eigenvalue weighted by Crippen LogP contribution is 2.26. The van der Waals surface area contributed by atoms with Gasteiger partial charge < -0.3 is 0 Å². The molecule has 2 rings (SSSR count). The maximum absolute atomic E-state index is 8.81. The summed E-state index contributed by atoms with van der Waals surface area (Å²) in [6, 6.07) is 17.7. The Labute approximate surface area is 182 Å². The largest absolute Gasteiger partial charge is 0.296 e. The number of hydrogen-bond acceptors (Lipinski definition) is 3. The third-order valence-electron chi connectivity index (χ3n) is 5.44. The predicted molar refractivity (Wildman–Crippen MR) is 129 cm³/mol. The van der Waals surface area contributed by atoms with Crippen molar-refractivity contribution in [2.75, 3.05) is 6.54 Å². The lowest BCUT2D eigenvalue weighted by Gasteiger charge is -2.28. The van der Waals surface area contributed by atoms with E-state index in [4.69, 9.17) is 5.21 Å². The quantitative estimate of drug-likeness (QED) is 0.346. The topological polar surface area (TPSA) is 35.5 Å². The van der Waals surface area contributed by atoms with Crippen molar-refractivity contribution in [3.05, 3.63) is 94.7 Å². The van der Waals surface area contributed by atoms with Crippen molar-refractivity contribution in [3.8, 4) is 0 Å². The highest BCUT2D eigenvalue weighted by atomic mass is 16.5. The summed E-state index contributed by atoms with van der Waals surface area (Å²) >= 11 is 0. The molecule has 2 N–H and O–H groups in total. The Balaban J connectivity index is 2.07. The van der Waals surface area contributed by atoms with Crippen LogP contribution in [0.4, 0.5) is 0 Å². The molecule has 0 saturated heterocycles. The number of rotatable bonds is 10. The fourth-order valence-corrected chi connectivity index (χ4v) is 3.54. The molecular weight excluding hydrogens is 368 g/mol. The summed E-state index contributed by atoms with van der Waals surface area (Å²) in [6.45, 7) is 16.8. The molecule has 0 fully saturated rings. The molecule has 0 unspecified atom stereocenters. The lowest BCUT2D eigenvalue weighted by atomic mass is 9.94. The summed E-state index contributed by atoms with van der Waals surface area (Å²) < 4.78 is 0. The second kappa shape index (κ2) is 11.5. The second-order valence-corrected chi connectivity index (χ2v) is 8.32. The van der Waals surface area contributed by atoms with Gasteiger partial charge in [-0.2, -0.15) is 0 Å². The third-order valence-corrected chi connectivity index (χ3v) is 5.44. The molecule has 0 spiro atoms. The Morgan fingerprint density at radius 2 is 1.77 bits per heavy atom. The lowest BCUT2D eigenvalue weighted by molar-refractivity contribution is 0.205. The van der Waals surface area contributed by atoms with Gasteiger partial charge in [0.2, 0.25) is 0 Å². The zero-order valence-electron chi connectivity index (χ0n) is 19.1. The first-order valence-electron chi connectivity index (χ1n) is 10.6. The summed E-state index contributed by atoms with van der Waals surface area (Å²) in [5.74, 6) is 0. The zero-order chi connectivity index (χ0) is 22.1. The van der Waals surface area contributed by atoms with Crippen molar-refractivity contribution in [2.45, 2.75) is 53.6 Å². The Morgan fingerprint density at radius 1 is 1.10 bits per heavy atom. The van der Waals surface area contributed by atoms with Crippen LogP contribution >= 0.6 is 0 Å². The van der Waals surface area contributed by atoms with Gasteiger partial charge in [0.15, 0.2) is 0 Å². The van der Waals surface area contributed by atoms with Gasteiger partial charge in [-0.15, -0.1) is 0 Å². The molecule has 0 atom stereocenters. The molecule has 0 aliphatic carbocycles. The van der Waals surface area contributed by atoms with Gasteiger partial charge in [0.25, 0.3) is 0 Å². The third kappa shape index (κ3) is 7.01. The fourth-order valence-electron chi connectivity index (χ4n) is 3.54. The first-order valence-corrected chi connectivity index (χ1v) is 10.6. The van der Waals surface area contributed by atoms with Crippen LogP contribution in [0.2, 0.25) is 0 Å². The molecule has 0 aromatic heterocycles. The maximum atomic E-state index is 8.81. The minimum absolute atomic E-state index is 0.466. The number of hydrogen-bond donors (Lipinski definition) is 2. The number of benzene rings is 2. The molecule has 0 aliphatic heterocycles. The van der Waals surface area contributed by atoms with Crippen LogP contribution in [0.15, 0.2) is 72.5 Å². The van der Waals surface area contributed by atoms with E-state index in [-0.39, 0.29) is 0 Å². The smallest absolute Gasteiger partial charge is 0.0530 e. The Kier molecular flexibility index (Phi) is 9.10. The number of allylic oxidation sites excluding steroid dienone is 2. The van der Waals surface area contributed by atoms with Crippen LogP contribution in [0, 0.1) is 6.92 Å². The minimum atomic E-state index is 0.466. The van der Waals surface area contributed by atoms with Gasteiger partial charge in [-0.25, -0.2) is 0 Å². The van der Waals surface area contributed by atoms with Gasteiger partial charge >= 0.3 is 0 Å². The number of nitrogens with one attached hydrogen (secondary N) is 1. The normalized spacial score (nSPS) is 11.3. The summed E-state index contributed by atoms with van der Waals surface area (Å²) in [5, 5.41) is 8.81. The van der Waals surface area contributed by atoms with Gasteiger partial charge in [0.1, 0.15) is 0 Å². The molecular formula is C27H36N2O. The van der Waals surface area contributed by atoms with Crippen molar-refractivity contribution in [1.82, 2.24) is 10.4 Å². The van der Waals surface area contributed by atoms with E-state index in [2.05, 4.69) is 94.6 Å². The highest BCUT2D eigenvalue weighted by molar-refractivity contribution is 5.70. The Bertz CT molecular complexity index is 887. The van der Waals surface area contributed by atoms with E-state index in [1.807, 2.05) is 11.6 Å². The van der Waals surface area contributed by atoms with Crippen LogP contribution in [0.25, 0.3) is 11.6 Å². The molecule has 2 aromatic carbocycles. The molecule has 30 heavy (non-hydrogen) atoms. The molecule has 0 aliphatic rings. The van der Waals surface area contributed by atoms with Crippen molar-refractivity contribution in [1.29, 1.82) is 0 Å². The monoisotopic (exact) mass is 404 g/mol. The van der Waals surface area contributed by atoms with Crippen molar-refractivity contribution >= 4 is 11.6 Å². The molecule has 0 heterocycles. The lowest BCUT2D eigenvalue weighted by Crippen LogP contribution is -2.31. The standard InChI is InChI=1S/C27H36N2O/c1-20(2)26(27-10-8-7-9-22(27)5)17-18-29(21(3)4)19-25-15-13-24(14-16-25)12-11-23(6)28-30/h7-16,21,28,30H,6,17-19H2,1-5H3/b12-11+. The average Bonchev–Trinajstić information content (AvgIpc) is 2.73. The first-order chi connectivity index (χ1) is 14.3. The van der Waals surface area contributed by atoms with Gasteiger partial charge in [-0.1, -0.05) is 66.8 Å². The van der Waals surface area contributed by atoms with Crippen LogP contribution in [-0.2, 0) is 6.54 Å². The van der Waals surface area contributed by atoms with Gasteiger partial charge in [-0.3, -0.25) is 15.6 Å². The number of nitrogens with zero attached hydrogens (tertiary/aromatic N) is 1. The minimum Gasteiger partial charge on any atom is -0.296 e. The van der Waals surface area contributed by atoms with E-state index in [1.54, 1.807) is 6.08 Å². The molecule has 0 radical (unpaired) electrons. The maximum Gasteiger partial charge on any atom is 0.0530 e. The SMILES string of the molecule is C=C(/C=C/c1ccc(CN(CCC(=C(C)C)c2ccccc2C)C(C)C)cc1)NO. The Hall–Kier alpha value is -2.62. The second-order valence-electron chi connectivity index (χ2n) is 8.32. The van der Waals surface area contributed by atoms with E-state index in [9.17, 15) is 0 Å². The molecule has 160 valence electrons. The summed E-state index contributed by atoms with van der Waals surface area (Å²) in [4.78, 5) is 2.53. The van der Waals surface area contributed by atoms with Crippen LogP contribution in [0.1, 0.15) is 56.4 Å². The van der Waals surface area contributed by atoms with Crippen molar-refractivity contribution in [3.63, 3.8) is 0 Å². The summed E-state index contributed by atoms with van der Waals surface area (Å²) in [6.07, 6.45) is 4.73. The van der Waals surface area contributed by atoms with E-state index in [1.165, 1.54) is 27.8 Å². The number of aryl methyl sites for hydroxylation is 1. The van der Waals surface area contributed by atoms with Crippen LogP contribution in [0.5, 0.6) is 0 Å². The average molecular weight is 405 g/mol. The summed E-state index contributed by atoms with van der Waals surface area (Å²) in [7, 11) is 0.